The molecule has 2 aromatic rings. The van der Waals surface area contributed by atoms with Gasteiger partial charge in [-0.25, -0.2) is 4.39 Å². The molecule has 0 spiro atoms. The van der Waals surface area contributed by atoms with Crippen LogP contribution in [0.5, 0.6) is 0 Å². The Labute approximate surface area is 127 Å². The third-order valence-corrected chi connectivity index (χ3v) is 4.26. The molecule has 0 heterocycles. The molecule has 0 radical (unpaired) electrons. The van der Waals surface area contributed by atoms with Crippen LogP contribution in [0.1, 0.15) is 24.0 Å². The molecule has 0 atom stereocenters. The van der Waals surface area contributed by atoms with Crippen LogP contribution < -0.4 is 5.32 Å². The van der Waals surface area contributed by atoms with Gasteiger partial charge in [-0.2, -0.15) is 0 Å². The minimum atomic E-state index is -0.494. The molecular weight excluding hydrogens is 289 g/mol. The second-order valence-electron chi connectivity index (χ2n) is 5.51. The van der Waals surface area contributed by atoms with Crippen LogP contribution >= 0.6 is 11.6 Å². The number of rotatable bonds is 3. The summed E-state index contributed by atoms with van der Waals surface area (Å²) in [6, 6.07) is 12.1. The van der Waals surface area contributed by atoms with Gasteiger partial charge in [0.05, 0.1) is 5.41 Å². The summed E-state index contributed by atoms with van der Waals surface area (Å²) in [5.41, 5.74) is 1.51. The topological polar surface area (TPSA) is 29.1 Å². The lowest BCUT2D eigenvalue weighted by molar-refractivity contribution is -0.118. The van der Waals surface area contributed by atoms with Gasteiger partial charge in [0.15, 0.2) is 0 Å². The van der Waals surface area contributed by atoms with E-state index >= 15 is 0 Å². The molecule has 1 N–H and O–H groups in total. The quantitative estimate of drug-likeness (QED) is 0.891. The Balaban J connectivity index is 1.81. The normalized spacial score (nSPS) is 15.6. The predicted octanol–water partition coefficient (Wildman–Crippen LogP) is 4.46. The van der Waals surface area contributed by atoms with E-state index in [1.807, 2.05) is 12.1 Å². The maximum Gasteiger partial charge on any atom is 0.235 e. The number of amides is 1. The van der Waals surface area contributed by atoms with Crippen molar-refractivity contribution < 1.29 is 9.18 Å². The monoisotopic (exact) mass is 303 g/mol. The summed E-state index contributed by atoms with van der Waals surface area (Å²) in [4.78, 5) is 12.5. The molecule has 2 aromatic carbocycles. The molecule has 1 aliphatic carbocycles. The number of benzene rings is 2. The highest BCUT2D eigenvalue weighted by molar-refractivity contribution is 6.30. The zero-order chi connectivity index (χ0) is 15.0. The van der Waals surface area contributed by atoms with Gasteiger partial charge in [0.2, 0.25) is 5.91 Å². The van der Waals surface area contributed by atoms with E-state index < -0.39 is 5.41 Å². The SMILES string of the molecule is Cc1ccc(NC(=O)C2(c3ccc(Cl)cc3)CC2)cc1F. The number of aryl methyl sites for hydroxylation is 1. The average molecular weight is 304 g/mol. The van der Waals surface area contributed by atoms with Gasteiger partial charge in [-0.15, -0.1) is 0 Å². The van der Waals surface area contributed by atoms with Crippen molar-refractivity contribution in [2.24, 2.45) is 0 Å². The van der Waals surface area contributed by atoms with Crippen LogP contribution in [0.2, 0.25) is 5.02 Å². The molecule has 0 aromatic heterocycles. The molecule has 0 saturated heterocycles. The van der Waals surface area contributed by atoms with Crippen LogP contribution in [0.25, 0.3) is 0 Å². The molecule has 3 rings (SSSR count). The second-order valence-corrected chi connectivity index (χ2v) is 5.94. The lowest BCUT2D eigenvalue weighted by atomic mass is 9.95. The molecule has 0 unspecified atom stereocenters. The first-order chi connectivity index (χ1) is 10.0. The summed E-state index contributed by atoms with van der Waals surface area (Å²) in [7, 11) is 0. The lowest BCUT2D eigenvalue weighted by Crippen LogP contribution is -2.27. The number of carbonyl (C=O) groups excluding carboxylic acids is 1. The number of hydrogen-bond acceptors (Lipinski definition) is 1. The Hall–Kier alpha value is -1.87. The molecule has 0 aliphatic heterocycles. The molecular formula is C17H15ClFNO. The predicted molar refractivity (Wildman–Crippen MR) is 82.1 cm³/mol. The van der Waals surface area contributed by atoms with Crippen molar-refractivity contribution >= 4 is 23.2 Å². The van der Waals surface area contributed by atoms with E-state index in [0.29, 0.717) is 16.3 Å². The number of carbonyl (C=O) groups is 1. The highest BCUT2D eigenvalue weighted by Crippen LogP contribution is 2.49. The molecule has 108 valence electrons. The maximum atomic E-state index is 13.5. The van der Waals surface area contributed by atoms with Crippen LogP contribution in [-0.2, 0) is 10.2 Å². The third-order valence-electron chi connectivity index (χ3n) is 4.01. The first-order valence-corrected chi connectivity index (χ1v) is 7.23. The third kappa shape index (κ3) is 2.66. The van der Waals surface area contributed by atoms with Gasteiger partial charge in [-0.05, 0) is 55.2 Å². The molecule has 1 aliphatic rings. The minimum absolute atomic E-state index is 0.0897. The van der Waals surface area contributed by atoms with E-state index in [0.717, 1.165) is 18.4 Å². The van der Waals surface area contributed by atoms with Crippen molar-refractivity contribution in [2.75, 3.05) is 5.32 Å². The zero-order valence-corrected chi connectivity index (χ0v) is 12.4. The second kappa shape index (κ2) is 5.15. The summed E-state index contributed by atoms with van der Waals surface area (Å²) < 4.78 is 13.5. The van der Waals surface area contributed by atoms with Gasteiger partial charge in [-0.3, -0.25) is 4.79 Å². The molecule has 21 heavy (non-hydrogen) atoms. The summed E-state index contributed by atoms with van der Waals surface area (Å²) in [6.45, 7) is 1.69. The summed E-state index contributed by atoms with van der Waals surface area (Å²) in [6.07, 6.45) is 1.60. The molecule has 4 heteroatoms. The van der Waals surface area contributed by atoms with Crippen LogP contribution in [0.4, 0.5) is 10.1 Å². The van der Waals surface area contributed by atoms with E-state index in [-0.39, 0.29) is 11.7 Å². The van der Waals surface area contributed by atoms with Crippen LogP contribution in [0, 0.1) is 12.7 Å². The number of nitrogens with one attached hydrogen (secondary N) is 1. The summed E-state index contributed by atoms with van der Waals surface area (Å²) >= 11 is 5.88. The standard InChI is InChI=1S/C17H15ClFNO/c1-11-2-7-14(10-15(11)19)20-16(21)17(8-9-17)12-3-5-13(18)6-4-12/h2-7,10H,8-9H2,1H3,(H,20,21). The lowest BCUT2D eigenvalue weighted by Gasteiger charge is -2.16. The van der Waals surface area contributed by atoms with Crippen molar-refractivity contribution in [3.63, 3.8) is 0 Å². The minimum Gasteiger partial charge on any atom is -0.325 e. The molecule has 1 amide bonds. The summed E-state index contributed by atoms with van der Waals surface area (Å²) in [5, 5.41) is 3.46. The fourth-order valence-corrected chi connectivity index (χ4v) is 2.59. The van der Waals surface area contributed by atoms with Crippen molar-refractivity contribution in [3.8, 4) is 0 Å². The average Bonchev–Trinajstić information content (AvgIpc) is 3.25. The van der Waals surface area contributed by atoms with Gasteiger partial charge < -0.3 is 5.32 Å². The van der Waals surface area contributed by atoms with Crippen molar-refractivity contribution in [3.05, 3.63) is 64.4 Å². The first-order valence-electron chi connectivity index (χ1n) is 6.85. The fourth-order valence-electron chi connectivity index (χ4n) is 2.46. The van der Waals surface area contributed by atoms with E-state index in [1.165, 1.54) is 6.07 Å². The maximum absolute atomic E-state index is 13.5. The van der Waals surface area contributed by atoms with Crippen LogP contribution in [-0.4, -0.2) is 5.91 Å². The number of anilines is 1. The molecule has 0 bridgehead atoms. The van der Waals surface area contributed by atoms with Gasteiger partial charge in [0, 0.05) is 10.7 Å². The zero-order valence-electron chi connectivity index (χ0n) is 11.6. The summed E-state index contributed by atoms with van der Waals surface area (Å²) in [5.74, 6) is -0.405. The highest BCUT2D eigenvalue weighted by atomic mass is 35.5. The Morgan fingerprint density at radius 3 is 2.43 bits per heavy atom. The smallest absolute Gasteiger partial charge is 0.235 e. The van der Waals surface area contributed by atoms with Crippen molar-refractivity contribution in [1.82, 2.24) is 0 Å². The number of halogens is 2. The number of hydrogen-bond donors (Lipinski definition) is 1. The molecule has 1 fully saturated rings. The van der Waals surface area contributed by atoms with E-state index in [9.17, 15) is 9.18 Å². The Bertz CT molecular complexity index is 692. The van der Waals surface area contributed by atoms with E-state index in [4.69, 9.17) is 11.6 Å². The van der Waals surface area contributed by atoms with Crippen molar-refractivity contribution in [2.45, 2.75) is 25.2 Å². The van der Waals surface area contributed by atoms with Gasteiger partial charge >= 0.3 is 0 Å². The molecule has 1 saturated carbocycles. The fraction of sp³-hybridized carbons (Fsp3) is 0.235. The van der Waals surface area contributed by atoms with E-state index in [2.05, 4.69) is 5.32 Å². The van der Waals surface area contributed by atoms with Crippen molar-refractivity contribution in [1.29, 1.82) is 0 Å². The largest absolute Gasteiger partial charge is 0.325 e. The van der Waals surface area contributed by atoms with Crippen LogP contribution in [0.3, 0.4) is 0 Å². The van der Waals surface area contributed by atoms with Gasteiger partial charge in [0.25, 0.3) is 0 Å². The highest BCUT2D eigenvalue weighted by Gasteiger charge is 2.51. The van der Waals surface area contributed by atoms with Gasteiger partial charge in [-0.1, -0.05) is 29.8 Å². The Morgan fingerprint density at radius 2 is 1.86 bits per heavy atom. The van der Waals surface area contributed by atoms with Crippen LogP contribution in [0.15, 0.2) is 42.5 Å². The molecule has 2 nitrogen and oxygen atoms in total. The van der Waals surface area contributed by atoms with Gasteiger partial charge in [0.1, 0.15) is 5.82 Å². The Morgan fingerprint density at radius 1 is 1.19 bits per heavy atom. The van der Waals surface area contributed by atoms with E-state index in [1.54, 1.807) is 31.2 Å². The first kappa shape index (κ1) is 14.1. The Kier molecular flexibility index (Phi) is 3.46.